The Morgan fingerprint density at radius 3 is 2.50 bits per heavy atom. The van der Waals surface area contributed by atoms with Crippen molar-refractivity contribution in [3.8, 4) is 11.8 Å². The molecule has 0 heterocycles. The van der Waals surface area contributed by atoms with Crippen molar-refractivity contribution in [2.24, 2.45) is 0 Å². The highest BCUT2D eigenvalue weighted by atomic mass is 19.3. The van der Waals surface area contributed by atoms with Crippen molar-refractivity contribution in [2.75, 3.05) is 6.61 Å². The topological polar surface area (TPSA) is 50.1 Å². The van der Waals surface area contributed by atoms with Gasteiger partial charge < -0.3 is 4.74 Å². The molecule has 3 nitrogen and oxygen atoms in total. The van der Waals surface area contributed by atoms with Crippen molar-refractivity contribution >= 4 is 5.78 Å². The minimum atomic E-state index is -2.53. The van der Waals surface area contributed by atoms with Gasteiger partial charge in [-0.05, 0) is 24.3 Å². The van der Waals surface area contributed by atoms with E-state index in [1.807, 2.05) is 0 Å². The number of nitriles is 1. The first-order valence-corrected chi connectivity index (χ1v) is 4.54. The summed E-state index contributed by atoms with van der Waals surface area (Å²) in [4.78, 5) is 11.2. The highest BCUT2D eigenvalue weighted by Gasteiger charge is 2.06. The second-order valence-electron chi connectivity index (χ2n) is 2.98. The smallest absolute Gasteiger partial charge is 0.272 e. The molecule has 0 atom stereocenters. The summed E-state index contributed by atoms with van der Waals surface area (Å²) in [5, 5.41) is 8.32. The molecule has 1 aromatic rings. The van der Waals surface area contributed by atoms with Gasteiger partial charge in [0, 0.05) is 5.56 Å². The Balaban J connectivity index is 2.61. The van der Waals surface area contributed by atoms with Crippen molar-refractivity contribution in [2.45, 2.75) is 12.8 Å². The SMILES string of the molecule is N#CCC(=O)c1ccc(OCC(F)F)cc1. The van der Waals surface area contributed by atoms with Gasteiger partial charge in [0.05, 0.1) is 12.5 Å². The normalized spacial score (nSPS) is 9.88. The highest BCUT2D eigenvalue weighted by Crippen LogP contribution is 2.14. The molecule has 0 saturated carbocycles. The summed E-state index contributed by atoms with van der Waals surface area (Å²) in [7, 11) is 0. The first-order chi connectivity index (χ1) is 7.63. The second kappa shape index (κ2) is 5.81. The number of alkyl halides is 2. The minimum absolute atomic E-state index is 0.197. The summed E-state index contributed by atoms with van der Waals surface area (Å²) in [5.41, 5.74) is 0.367. The lowest BCUT2D eigenvalue weighted by atomic mass is 10.1. The van der Waals surface area contributed by atoms with E-state index in [1.54, 1.807) is 6.07 Å². The first kappa shape index (κ1) is 12.1. The maximum absolute atomic E-state index is 11.8. The van der Waals surface area contributed by atoms with Crippen LogP contribution in [0.4, 0.5) is 8.78 Å². The van der Waals surface area contributed by atoms with Crippen LogP contribution in [-0.4, -0.2) is 18.8 Å². The molecule has 0 aliphatic carbocycles. The van der Waals surface area contributed by atoms with E-state index in [0.29, 0.717) is 5.56 Å². The average molecular weight is 225 g/mol. The van der Waals surface area contributed by atoms with Gasteiger partial charge in [0.15, 0.2) is 5.78 Å². The maximum Gasteiger partial charge on any atom is 0.272 e. The van der Waals surface area contributed by atoms with Crippen LogP contribution in [0.2, 0.25) is 0 Å². The molecule has 5 heteroatoms. The van der Waals surface area contributed by atoms with Crippen molar-refractivity contribution < 1.29 is 18.3 Å². The van der Waals surface area contributed by atoms with E-state index in [9.17, 15) is 13.6 Å². The second-order valence-corrected chi connectivity index (χ2v) is 2.98. The van der Waals surface area contributed by atoms with Crippen LogP contribution < -0.4 is 4.74 Å². The lowest BCUT2D eigenvalue weighted by Crippen LogP contribution is -2.07. The molecule has 0 aliphatic heterocycles. The zero-order valence-corrected chi connectivity index (χ0v) is 8.32. The molecule has 1 rings (SSSR count). The van der Waals surface area contributed by atoms with Gasteiger partial charge in [-0.2, -0.15) is 5.26 Å². The van der Waals surface area contributed by atoms with Gasteiger partial charge in [-0.15, -0.1) is 0 Å². The van der Waals surface area contributed by atoms with Crippen molar-refractivity contribution in [3.63, 3.8) is 0 Å². The number of hydrogen-bond acceptors (Lipinski definition) is 3. The van der Waals surface area contributed by atoms with Crippen LogP contribution in [-0.2, 0) is 0 Å². The number of ether oxygens (including phenoxy) is 1. The Bertz CT molecular complexity index is 395. The third kappa shape index (κ3) is 3.65. The number of carbonyl (C=O) groups excluding carboxylic acids is 1. The van der Waals surface area contributed by atoms with Crippen molar-refractivity contribution in [1.82, 2.24) is 0 Å². The van der Waals surface area contributed by atoms with Crippen LogP contribution in [0, 0.1) is 11.3 Å². The molecule has 16 heavy (non-hydrogen) atoms. The van der Waals surface area contributed by atoms with Crippen LogP contribution in [0.25, 0.3) is 0 Å². The molecule has 0 bridgehead atoms. The Labute approximate surface area is 91.3 Å². The summed E-state index contributed by atoms with van der Waals surface area (Å²) >= 11 is 0. The quantitative estimate of drug-likeness (QED) is 0.723. The largest absolute Gasteiger partial charge is 0.488 e. The van der Waals surface area contributed by atoms with Crippen LogP contribution >= 0.6 is 0 Å². The fourth-order valence-corrected chi connectivity index (χ4v) is 1.07. The van der Waals surface area contributed by atoms with Crippen molar-refractivity contribution in [3.05, 3.63) is 29.8 Å². The molecule has 0 amide bonds. The number of ketones is 1. The molecule has 0 fully saturated rings. The molecule has 0 unspecified atom stereocenters. The van der Waals surface area contributed by atoms with Gasteiger partial charge >= 0.3 is 0 Å². The number of carbonyl (C=O) groups is 1. The fraction of sp³-hybridized carbons (Fsp3) is 0.273. The summed E-state index contributed by atoms with van der Waals surface area (Å²) < 4.78 is 28.4. The summed E-state index contributed by atoms with van der Waals surface area (Å²) in [5.74, 6) is -0.0308. The summed E-state index contributed by atoms with van der Waals surface area (Å²) in [6, 6.07) is 7.48. The molecule has 0 spiro atoms. The number of hydrogen-bond donors (Lipinski definition) is 0. The molecule has 0 N–H and O–H groups in total. The lowest BCUT2D eigenvalue weighted by Gasteiger charge is -2.05. The van der Waals surface area contributed by atoms with E-state index in [-0.39, 0.29) is 18.0 Å². The number of Topliss-reactive ketones (excluding diaryl/α,β-unsaturated/α-hetero) is 1. The zero-order chi connectivity index (χ0) is 12.0. The number of nitrogens with zero attached hydrogens (tertiary/aromatic N) is 1. The maximum atomic E-state index is 11.8. The monoisotopic (exact) mass is 225 g/mol. The van der Waals surface area contributed by atoms with Gasteiger partial charge in [0.1, 0.15) is 12.4 Å². The zero-order valence-electron chi connectivity index (χ0n) is 8.32. The van der Waals surface area contributed by atoms with Crippen LogP contribution in [0.5, 0.6) is 5.75 Å². The Kier molecular flexibility index (Phi) is 4.40. The molecule has 1 aromatic carbocycles. The summed E-state index contributed by atoms with van der Waals surface area (Å²) in [6.45, 7) is -0.675. The van der Waals surface area contributed by atoms with Crippen LogP contribution in [0.15, 0.2) is 24.3 Å². The molecule has 0 radical (unpaired) electrons. The number of rotatable bonds is 5. The van der Waals surface area contributed by atoms with Gasteiger partial charge in [-0.3, -0.25) is 4.79 Å². The average Bonchev–Trinajstić information content (AvgIpc) is 2.27. The van der Waals surface area contributed by atoms with Gasteiger partial charge in [-0.1, -0.05) is 0 Å². The van der Waals surface area contributed by atoms with E-state index in [1.165, 1.54) is 24.3 Å². The predicted molar refractivity (Wildman–Crippen MR) is 52.5 cm³/mol. The standard InChI is InChI=1S/C11H9F2NO2/c12-11(13)7-16-9-3-1-8(2-4-9)10(15)5-6-14/h1-4,11H,5,7H2. The molecule has 0 aromatic heterocycles. The lowest BCUT2D eigenvalue weighted by molar-refractivity contribution is 0.0818. The molecule has 0 saturated heterocycles. The van der Waals surface area contributed by atoms with E-state index in [2.05, 4.69) is 0 Å². The van der Waals surface area contributed by atoms with Crippen LogP contribution in [0.1, 0.15) is 16.8 Å². The van der Waals surface area contributed by atoms with E-state index < -0.39 is 13.0 Å². The Hall–Kier alpha value is -1.96. The van der Waals surface area contributed by atoms with Gasteiger partial charge in [0.25, 0.3) is 6.43 Å². The minimum Gasteiger partial charge on any atom is -0.488 e. The van der Waals surface area contributed by atoms with Gasteiger partial charge in [-0.25, -0.2) is 8.78 Å². The fourth-order valence-electron chi connectivity index (χ4n) is 1.07. The predicted octanol–water partition coefficient (Wildman–Crippen LogP) is 2.43. The number of halogens is 2. The number of benzene rings is 1. The summed E-state index contributed by atoms with van der Waals surface area (Å²) in [6.07, 6.45) is -2.73. The molecular weight excluding hydrogens is 216 g/mol. The van der Waals surface area contributed by atoms with Crippen molar-refractivity contribution in [1.29, 1.82) is 5.26 Å². The van der Waals surface area contributed by atoms with E-state index in [4.69, 9.17) is 10.00 Å². The molecular formula is C11H9F2NO2. The van der Waals surface area contributed by atoms with E-state index in [0.717, 1.165) is 0 Å². The third-order valence-corrected chi connectivity index (χ3v) is 1.79. The molecule has 0 aliphatic rings. The first-order valence-electron chi connectivity index (χ1n) is 4.54. The Morgan fingerprint density at radius 1 is 1.38 bits per heavy atom. The van der Waals surface area contributed by atoms with Gasteiger partial charge in [0.2, 0.25) is 0 Å². The highest BCUT2D eigenvalue weighted by molar-refractivity contribution is 5.97. The van der Waals surface area contributed by atoms with Crippen LogP contribution in [0.3, 0.4) is 0 Å². The Morgan fingerprint density at radius 2 is 2.00 bits per heavy atom. The molecule has 84 valence electrons. The third-order valence-electron chi connectivity index (χ3n) is 1.79. The van der Waals surface area contributed by atoms with E-state index >= 15 is 0 Å².